The van der Waals surface area contributed by atoms with Gasteiger partial charge in [0.1, 0.15) is 5.60 Å². The molecular weight excluding hydrogens is 348 g/mol. The van der Waals surface area contributed by atoms with E-state index in [9.17, 15) is 9.59 Å². The number of nitrogens with one attached hydrogen (secondary N) is 1. The fourth-order valence-electron chi connectivity index (χ4n) is 2.83. The molecule has 2 aromatic rings. The summed E-state index contributed by atoms with van der Waals surface area (Å²) in [5.74, 6) is -0.0384. The van der Waals surface area contributed by atoms with E-state index in [0.29, 0.717) is 31.8 Å². The molecule has 2 amide bonds. The maximum atomic E-state index is 12.4. The fraction of sp³-hybridized carbons (Fsp3) is 0.474. The third kappa shape index (κ3) is 5.06. The van der Waals surface area contributed by atoms with Gasteiger partial charge in [-0.3, -0.25) is 10.1 Å². The summed E-state index contributed by atoms with van der Waals surface area (Å²) in [4.78, 5) is 26.2. The first-order valence-corrected chi connectivity index (χ1v) is 8.99. The summed E-state index contributed by atoms with van der Waals surface area (Å²) >= 11 is 0. The van der Waals surface area contributed by atoms with Crippen LogP contribution in [-0.2, 0) is 9.53 Å². The van der Waals surface area contributed by atoms with Crippen LogP contribution < -0.4 is 5.32 Å². The number of amides is 2. The van der Waals surface area contributed by atoms with Crippen molar-refractivity contribution in [3.8, 4) is 11.5 Å². The van der Waals surface area contributed by atoms with Crippen molar-refractivity contribution in [3.05, 3.63) is 30.3 Å². The molecule has 2 heterocycles. The Morgan fingerprint density at radius 1 is 1.15 bits per heavy atom. The molecule has 1 N–H and O–H groups in total. The Bertz CT molecular complexity index is 790. The molecule has 27 heavy (non-hydrogen) atoms. The van der Waals surface area contributed by atoms with Crippen molar-refractivity contribution in [1.29, 1.82) is 0 Å². The number of nitrogens with zero attached hydrogens (tertiary/aromatic N) is 3. The molecule has 0 spiro atoms. The van der Waals surface area contributed by atoms with Crippen LogP contribution in [0.25, 0.3) is 11.5 Å². The summed E-state index contributed by atoms with van der Waals surface area (Å²) in [6.45, 7) is 6.45. The van der Waals surface area contributed by atoms with Gasteiger partial charge in [-0.2, -0.15) is 0 Å². The van der Waals surface area contributed by atoms with Gasteiger partial charge < -0.3 is 14.1 Å². The number of anilines is 1. The number of benzene rings is 1. The molecule has 0 aliphatic carbocycles. The molecule has 1 aliphatic heterocycles. The standard InChI is InChI=1S/C19H24N4O4/c1-19(2,3)27-18(25)23-11-9-13(10-12-23)15(24)20-17-22-21-16(26-17)14-7-5-4-6-8-14/h4-8,13H,9-12H2,1-3H3,(H,20,22,24). The number of ether oxygens (including phenoxy) is 1. The largest absolute Gasteiger partial charge is 0.444 e. The number of hydrogen-bond donors (Lipinski definition) is 1. The Balaban J connectivity index is 1.52. The van der Waals surface area contributed by atoms with E-state index in [4.69, 9.17) is 9.15 Å². The Labute approximate surface area is 157 Å². The van der Waals surface area contributed by atoms with Crippen molar-refractivity contribution < 1.29 is 18.7 Å². The summed E-state index contributed by atoms with van der Waals surface area (Å²) in [6.07, 6.45) is 0.779. The van der Waals surface area contributed by atoms with Crippen molar-refractivity contribution in [2.24, 2.45) is 5.92 Å². The van der Waals surface area contributed by atoms with E-state index < -0.39 is 5.60 Å². The molecule has 0 bridgehead atoms. The molecule has 0 radical (unpaired) electrons. The van der Waals surface area contributed by atoms with Gasteiger partial charge >= 0.3 is 12.1 Å². The first-order chi connectivity index (χ1) is 12.8. The smallest absolute Gasteiger partial charge is 0.410 e. The van der Waals surface area contributed by atoms with Crippen LogP contribution in [-0.4, -0.2) is 45.8 Å². The van der Waals surface area contributed by atoms with Gasteiger partial charge in [-0.05, 0) is 45.7 Å². The second-order valence-corrected chi connectivity index (χ2v) is 7.51. The fourth-order valence-corrected chi connectivity index (χ4v) is 2.83. The van der Waals surface area contributed by atoms with Gasteiger partial charge in [0, 0.05) is 24.6 Å². The molecule has 1 aromatic heterocycles. The number of carbonyl (C=O) groups excluding carboxylic acids is 2. The van der Waals surface area contributed by atoms with Crippen molar-refractivity contribution >= 4 is 18.0 Å². The van der Waals surface area contributed by atoms with Gasteiger partial charge in [0.25, 0.3) is 0 Å². The Morgan fingerprint density at radius 3 is 2.44 bits per heavy atom. The van der Waals surface area contributed by atoms with E-state index in [1.54, 1.807) is 4.90 Å². The second kappa shape index (κ2) is 7.77. The number of rotatable bonds is 3. The molecule has 1 fully saturated rings. The summed E-state index contributed by atoms with van der Waals surface area (Å²) in [5, 5.41) is 10.5. The highest BCUT2D eigenvalue weighted by atomic mass is 16.6. The molecule has 8 heteroatoms. The van der Waals surface area contributed by atoms with E-state index in [0.717, 1.165) is 5.56 Å². The lowest BCUT2D eigenvalue weighted by atomic mass is 9.96. The van der Waals surface area contributed by atoms with Gasteiger partial charge in [-0.15, -0.1) is 5.10 Å². The van der Waals surface area contributed by atoms with Crippen molar-refractivity contribution in [3.63, 3.8) is 0 Å². The van der Waals surface area contributed by atoms with E-state index in [1.807, 2.05) is 51.1 Å². The van der Waals surface area contributed by atoms with Gasteiger partial charge in [0.2, 0.25) is 11.8 Å². The maximum absolute atomic E-state index is 12.4. The minimum absolute atomic E-state index is 0.0772. The first kappa shape index (κ1) is 18.9. The van der Waals surface area contributed by atoms with Crippen LogP contribution in [0, 0.1) is 5.92 Å². The summed E-state index contributed by atoms with van der Waals surface area (Å²) in [6, 6.07) is 9.42. The van der Waals surface area contributed by atoms with Gasteiger partial charge in [-0.1, -0.05) is 23.3 Å². The van der Waals surface area contributed by atoms with Crippen molar-refractivity contribution in [1.82, 2.24) is 15.1 Å². The predicted octanol–water partition coefficient (Wildman–Crippen LogP) is 3.32. The highest BCUT2D eigenvalue weighted by Crippen LogP contribution is 2.23. The van der Waals surface area contributed by atoms with Crippen LogP contribution in [0.3, 0.4) is 0 Å². The minimum Gasteiger partial charge on any atom is -0.444 e. The summed E-state index contributed by atoms with van der Waals surface area (Å²) < 4.78 is 10.9. The second-order valence-electron chi connectivity index (χ2n) is 7.51. The lowest BCUT2D eigenvalue weighted by Gasteiger charge is -2.32. The lowest BCUT2D eigenvalue weighted by Crippen LogP contribution is -2.43. The van der Waals surface area contributed by atoms with Crippen LogP contribution in [0.2, 0.25) is 0 Å². The molecule has 1 aliphatic rings. The minimum atomic E-state index is -0.528. The van der Waals surface area contributed by atoms with Crippen LogP contribution >= 0.6 is 0 Å². The Kier molecular flexibility index (Phi) is 5.43. The Hall–Kier alpha value is -2.90. The highest BCUT2D eigenvalue weighted by molar-refractivity contribution is 5.90. The molecule has 8 nitrogen and oxygen atoms in total. The summed E-state index contributed by atoms with van der Waals surface area (Å²) in [5.41, 5.74) is 0.260. The number of likely N-dealkylation sites (tertiary alicyclic amines) is 1. The zero-order valence-electron chi connectivity index (χ0n) is 15.8. The van der Waals surface area contributed by atoms with Gasteiger partial charge in [0.15, 0.2) is 0 Å². The van der Waals surface area contributed by atoms with Crippen molar-refractivity contribution in [2.45, 2.75) is 39.2 Å². The Morgan fingerprint density at radius 2 is 1.81 bits per heavy atom. The number of piperidine rings is 1. The van der Waals surface area contributed by atoms with Crippen LogP contribution in [0.15, 0.2) is 34.7 Å². The highest BCUT2D eigenvalue weighted by Gasteiger charge is 2.30. The average molecular weight is 372 g/mol. The van der Waals surface area contributed by atoms with Crippen LogP contribution in [0.4, 0.5) is 10.8 Å². The van der Waals surface area contributed by atoms with E-state index in [2.05, 4.69) is 15.5 Å². The zero-order valence-corrected chi connectivity index (χ0v) is 15.8. The average Bonchev–Trinajstić information content (AvgIpc) is 3.09. The molecule has 1 saturated heterocycles. The first-order valence-electron chi connectivity index (χ1n) is 8.99. The number of carbonyl (C=O) groups is 2. The van der Waals surface area contributed by atoms with E-state index in [-0.39, 0.29) is 23.9 Å². The van der Waals surface area contributed by atoms with Gasteiger partial charge in [-0.25, -0.2) is 4.79 Å². The number of hydrogen-bond acceptors (Lipinski definition) is 6. The third-order valence-electron chi connectivity index (χ3n) is 4.19. The molecule has 144 valence electrons. The van der Waals surface area contributed by atoms with Crippen molar-refractivity contribution in [2.75, 3.05) is 18.4 Å². The van der Waals surface area contributed by atoms with E-state index >= 15 is 0 Å². The normalized spacial score (nSPS) is 15.4. The maximum Gasteiger partial charge on any atom is 0.410 e. The van der Waals surface area contributed by atoms with E-state index in [1.165, 1.54) is 0 Å². The monoisotopic (exact) mass is 372 g/mol. The molecular formula is C19H24N4O4. The predicted molar refractivity (Wildman–Crippen MR) is 98.9 cm³/mol. The molecule has 3 rings (SSSR count). The molecule has 0 unspecified atom stereocenters. The third-order valence-corrected chi connectivity index (χ3v) is 4.19. The number of aromatic nitrogens is 2. The summed E-state index contributed by atoms with van der Waals surface area (Å²) in [7, 11) is 0. The quantitative estimate of drug-likeness (QED) is 0.887. The van der Waals surface area contributed by atoms with Crippen LogP contribution in [0.5, 0.6) is 0 Å². The molecule has 0 saturated carbocycles. The lowest BCUT2D eigenvalue weighted by molar-refractivity contribution is -0.121. The molecule has 0 atom stereocenters. The van der Waals surface area contributed by atoms with Crippen LogP contribution in [0.1, 0.15) is 33.6 Å². The molecule has 1 aromatic carbocycles. The van der Waals surface area contributed by atoms with Gasteiger partial charge in [0.05, 0.1) is 0 Å². The topological polar surface area (TPSA) is 97.6 Å². The SMILES string of the molecule is CC(C)(C)OC(=O)N1CCC(C(=O)Nc2nnc(-c3ccccc3)o2)CC1. The zero-order chi connectivity index (χ0) is 19.4.